The van der Waals surface area contributed by atoms with Crippen LogP contribution in [0.15, 0.2) is 29.4 Å². The minimum atomic E-state index is -0.276. The standard InChI is InChI=1S/C9H7FN2OS/c10-7-3-1-6(2-4-7)8-5-14-9(13)12-11-8/h1-4H,5H2,(H,12,13). The third-order valence-electron chi connectivity index (χ3n) is 1.80. The SMILES string of the molecule is O=C1NN=C(c2ccc(F)cc2)CS1. The quantitative estimate of drug-likeness (QED) is 0.770. The maximum absolute atomic E-state index is 12.6. The lowest BCUT2D eigenvalue weighted by Crippen LogP contribution is -2.23. The predicted molar refractivity (Wildman–Crippen MR) is 53.9 cm³/mol. The lowest BCUT2D eigenvalue weighted by Gasteiger charge is -2.10. The van der Waals surface area contributed by atoms with Crippen molar-refractivity contribution in [2.24, 2.45) is 5.10 Å². The van der Waals surface area contributed by atoms with E-state index in [4.69, 9.17) is 0 Å². The monoisotopic (exact) mass is 210 g/mol. The summed E-state index contributed by atoms with van der Waals surface area (Å²) in [6, 6.07) is 6.04. The Morgan fingerprint density at radius 3 is 2.64 bits per heavy atom. The van der Waals surface area contributed by atoms with Crippen LogP contribution in [0.25, 0.3) is 0 Å². The van der Waals surface area contributed by atoms with Crippen LogP contribution in [0.1, 0.15) is 5.56 Å². The number of nitrogens with zero attached hydrogens (tertiary/aromatic N) is 1. The first-order chi connectivity index (χ1) is 6.75. The summed E-state index contributed by atoms with van der Waals surface area (Å²) in [6.07, 6.45) is 0. The number of carbonyl (C=O) groups is 1. The zero-order valence-electron chi connectivity index (χ0n) is 7.16. The largest absolute Gasteiger partial charge is 0.299 e. The highest BCUT2D eigenvalue weighted by molar-refractivity contribution is 8.14. The van der Waals surface area contributed by atoms with Crippen molar-refractivity contribution in [3.63, 3.8) is 0 Å². The minimum absolute atomic E-state index is 0.157. The molecule has 0 radical (unpaired) electrons. The van der Waals surface area contributed by atoms with Gasteiger partial charge in [0.2, 0.25) is 0 Å². The number of thioether (sulfide) groups is 1. The van der Waals surface area contributed by atoms with Gasteiger partial charge < -0.3 is 0 Å². The molecule has 1 aromatic rings. The summed E-state index contributed by atoms with van der Waals surface area (Å²) < 4.78 is 12.6. The first-order valence-corrected chi connectivity index (χ1v) is 4.99. The second-order valence-corrected chi connectivity index (χ2v) is 3.70. The van der Waals surface area contributed by atoms with E-state index in [1.54, 1.807) is 12.1 Å². The summed E-state index contributed by atoms with van der Waals surface area (Å²) in [5.41, 5.74) is 3.95. The Morgan fingerprint density at radius 2 is 2.07 bits per heavy atom. The summed E-state index contributed by atoms with van der Waals surface area (Å²) in [5, 5.41) is 3.73. The summed E-state index contributed by atoms with van der Waals surface area (Å²) in [6.45, 7) is 0. The number of rotatable bonds is 1. The fraction of sp³-hybridized carbons (Fsp3) is 0.111. The van der Waals surface area contributed by atoms with Crippen molar-refractivity contribution < 1.29 is 9.18 Å². The van der Waals surface area contributed by atoms with Gasteiger partial charge in [-0.25, -0.2) is 9.82 Å². The van der Waals surface area contributed by atoms with E-state index in [1.807, 2.05) is 0 Å². The van der Waals surface area contributed by atoms with Gasteiger partial charge >= 0.3 is 0 Å². The molecule has 1 aromatic carbocycles. The van der Waals surface area contributed by atoms with Crippen molar-refractivity contribution >= 4 is 22.7 Å². The number of nitrogens with one attached hydrogen (secondary N) is 1. The van der Waals surface area contributed by atoms with Crippen LogP contribution in [0.4, 0.5) is 9.18 Å². The van der Waals surface area contributed by atoms with E-state index < -0.39 is 0 Å². The summed E-state index contributed by atoms with van der Waals surface area (Å²) in [4.78, 5) is 10.8. The molecule has 3 nitrogen and oxygen atoms in total. The van der Waals surface area contributed by atoms with E-state index in [0.29, 0.717) is 5.75 Å². The molecule has 1 heterocycles. The molecule has 2 rings (SSSR count). The molecular weight excluding hydrogens is 203 g/mol. The van der Waals surface area contributed by atoms with Gasteiger partial charge in [0.05, 0.1) is 5.71 Å². The molecule has 0 atom stereocenters. The molecule has 5 heteroatoms. The maximum atomic E-state index is 12.6. The molecule has 0 bridgehead atoms. The van der Waals surface area contributed by atoms with Gasteiger partial charge in [-0.2, -0.15) is 5.10 Å². The van der Waals surface area contributed by atoms with Crippen molar-refractivity contribution in [3.8, 4) is 0 Å². The van der Waals surface area contributed by atoms with Gasteiger partial charge in [-0.1, -0.05) is 23.9 Å². The van der Waals surface area contributed by atoms with E-state index in [-0.39, 0.29) is 11.1 Å². The Kier molecular flexibility index (Phi) is 2.49. The lowest BCUT2D eigenvalue weighted by molar-refractivity contribution is 0.261. The second-order valence-electron chi connectivity index (χ2n) is 2.75. The highest BCUT2D eigenvalue weighted by Crippen LogP contribution is 2.13. The smallest absolute Gasteiger partial charge is 0.260 e. The molecule has 1 N–H and O–H groups in total. The number of hydrogen-bond acceptors (Lipinski definition) is 3. The fourth-order valence-electron chi connectivity index (χ4n) is 1.10. The van der Waals surface area contributed by atoms with Crippen molar-refractivity contribution in [1.29, 1.82) is 0 Å². The number of hydrazone groups is 1. The molecule has 0 aromatic heterocycles. The molecule has 72 valence electrons. The normalized spacial score (nSPS) is 16.1. The van der Waals surface area contributed by atoms with Crippen LogP contribution in [0.3, 0.4) is 0 Å². The molecule has 1 aliphatic rings. The number of halogens is 1. The molecular formula is C9H7FN2OS. The third kappa shape index (κ3) is 1.93. The maximum Gasteiger partial charge on any atom is 0.299 e. The Hall–Kier alpha value is -1.36. The predicted octanol–water partition coefficient (Wildman–Crippen LogP) is 1.99. The van der Waals surface area contributed by atoms with Crippen LogP contribution in [-0.4, -0.2) is 16.7 Å². The van der Waals surface area contributed by atoms with Crippen LogP contribution in [0, 0.1) is 5.82 Å². The summed E-state index contributed by atoms with van der Waals surface area (Å²) in [7, 11) is 0. The summed E-state index contributed by atoms with van der Waals surface area (Å²) in [5.74, 6) is 0.249. The molecule has 0 unspecified atom stereocenters. The number of carbonyl (C=O) groups excluding carboxylic acids is 1. The fourth-order valence-corrected chi connectivity index (χ4v) is 1.71. The van der Waals surface area contributed by atoms with Crippen molar-refractivity contribution in [3.05, 3.63) is 35.6 Å². The molecule has 1 aliphatic heterocycles. The van der Waals surface area contributed by atoms with Crippen LogP contribution in [0.2, 0.25) is 0 Å². The van der Waals surface area contributed by atoms with Gasteiger partial charge in [0, 0.05) is 5.75 Å². The van der Waals surface area contributed by atoms with Crippen LogP contribution in [-0.2, 0) is 0 Å². The van der Waals surface area contributed by atoms with Crippen molar-refractivity contribution in [2.75, 3.05) is 5.75 Å². The van der Waals surface area contributed by atoms with Gasteiger partial charge in [-0.15, -0.1) is 0 Å². The van der Waals surface area contributed by atoms with E-state index in [2.05, 4.69) is 10.5 Å². The minimum Gasteiger partial charge on any atom is -0.260 e. The van der Waals surface area contributed by atoms with Gasteiger partial charge in [0.15, 0.2) is 0 Å². The van der Waals surface area contributed by atoms with Gasteiger partial charge in [0.1, 0.15) is 5.82 Å². The highest BCUT2D eigenvalue weighted by Gasteiger charge is 2.13. The van der Waals surface area contributed by atoms with Gasteiger partial charge in [-0.05, 0) is 17.7 Å². The van der Waals surface area contributed by atoms with E-state index in [1.165, 1.54) is 12.1 Å². The molecule has 0 fully saturated rings. The molecule has 0 saturated carbocycles. The summed E-state index contributed by atoms with van der Waals surface area (Å²) >= 11 is 1.15. The van der Waals surface area contributed by atoms with Crippen molar-refractivity contribution in [2.45, 2.75) is 0 Å². The topological polar surface area (TPSA) is 41.5 Å². The Morgan fingerprint density at radius 1 is 1.36 bits per heavy atom. The van der Waals surface area contributed by atoms with Gasteiger partial charge in [-0.3, -0.25) is 4.79 Å². The number of amides is 1. The van der Waals surface area contributed by atoms with E-state index in [0.717, 1.165) is 23.0 Å². The number of hydrogen-bond donors (Lipinski definition) is 1. The second kappa shape index (κ2) is 3.79. The Labute approximate surface area is 84.4 Å². The first kappa shape index (κ1) is 9.21. The molecule has 1 amide bonds. The Bertz CT molecular complexity index is 388. The van der Waals surface area contributed by atoms with Crippen LogP contribution < -0.4 is 5.43 Å². The first-order valence-electron chi connectivity index (χ1n) is 4.01. The average Bonchev–Trinajstić information content (AvgIpc) is 2.21. The van der Waals surface area contributed by atoms with E-state index >= 15 is 0 Å². The van der Waals surface area contributed by atoms with Crippen LogP contribution >= 0.6 is 11.8 Å². The van der Waals surface area contributed by atoms with Crippen molar-refractivity contribution in [1.82, 2.24) is 5.43 Å². The van der Waals surface area contributed by atoms with Crippen LogP contribution in [0.5, 0.6) is 0 Å². The molecule has 0 saturated heterocycles. The third-order valence-corrected chi connectivity index (χ3v) is 2.57. The number of benzene rings is 1. The zero-order chi connectivity index (χ0) is 9.97. The molecule has 14 heavy (non-hydrogen) atoms. The average molecular weight is 210 g/mol. The molecule has 0 aliphatic carbocycles. The zero-order valence-corrected chi connectivity index (χ0v) is 7.97. The van der Waals surface area contributed by atoms with E-state index in [9.17, 15) is 9.18 Å². The Balaban J connectivity index is 2.23. The lowest BCUT2D eigenvalue weighted by atomic mass is 10.1. The van der Waals surface area contributed by atoms with Gasteiger partial charge in [0.25, 0.3) is 5.24 Å². The highest BCUT2D eigenvalue weighted by atomic mass is 32.2. The molecule has 0 spiro atoms.